The van der Waals surface area contributed by atoms with E-state index in [2.05, 4.69) is 17.6 Å². The van der Waals surface area contributed by atoms with E-state index in [9.17, 15) is 19.8 Å². The topological polar surface area (TPSA) is 112 Å². The lowest BCUT2D eigenvalue weighted by Crippen LogP contribution is -2.57. The van der Waals surface area contributed by atoms with E-state index in [0.717, 1.165) is 22.6 Å². The Morgan fingerprint density at radius 1 is 1.18 bits per heavy atom. The van der Waals surface area contributed by atoms with Crippen LogP contribution in [-0.2, 0) is 16.0 Å². The third-order valence-electron chi connectivity index (χ3n) is 8.90. The second-order valence-corrected chi connectivity index (χ2v) is 14.1. The fourth-order valence-corrected chi connectivity index (χ4v) is 7.74. The van der Waals surface area contributed by atoms with Crippen LogP contribution in [0.3, 0.4) is 0 Å². The number of aromatic nitrogens is 1. The van der Waals surface area contributed by atoms with E-state index in [1.54, 1.807) is 0 Å². The van der Waals surface area contributed by atoms with Crippen molar-refractivity contribution in [2.75, 3.05) is 11.9 Å². The van der Waals surface area contributed by atoms with Gasteiger partial charge in [0.1, 0.15) is 0 Å². The van der Waals surface area contributed by atoms with Crippen LogP contribution in [0.25, 0.3) is 0 Å². The van der Waals surface area contributed by atoms with Crippen molar-refractivity contribution < 1.29 is 19.8 Å². The van der Waals surface area contributed by atoms with Gasteiger partial charge >= 0.3 is 0 Å². The van der Waals surface area contributed by atoms with Crippen LogP contribution >= 0.6 is 11.3 Å². The van der Waals surface area contributed by atoms with Gasteiger partial charge in [0.2, 0.25) is 11.8 Å². The Kier molecular flexibility index (Phi) is 8.09. The zero-order valence-electron chi connectivity index (χ0n) is 23.5. The summed E-state index contributed by atoms with van der Waals surface area (Å²) in [6.45, 7) is 12.1. The molecule has 4 N–H and O–H groups in total. The summed E-state index contributed by atoms with van der Waals surface area (Å²) in [6, 6.07) is 9.76. The number of nitrogens with zero attached hydrogens (tertiary/aromatic N) is 1. The molecule has 1 aromatic heterocycles. The molecule has 7 nitrogen and oxygen atoms in total. The van der Waals surface area contributed by atoms with Gasteiger partial charge in [0.05, 0.1) is 24.4 Å². The van der Waals surface area contributed by atoms with E-state index >= 15 is 0 Å². The van der Waals surface area contributed by atoms with Gasteiger partial charge in [-0.15, -0.1) is 11.3 Å². The van der Waals surface area contributed by atoms with Crippen LogP contribution < -0.4 is 10.6 Å². The monoisotopic (exact) mass is 541 g/mol. The van der Waals surface area contributed by atoms with Gasteiger partial charge < -0.3 is 20.8 Å². The van der Waals surface area contributed by atoms with Crippen molar-refractivity contribution in [1.29, 1.82) is 0 Å². The standard InChI is InChI=1S/C30H43N3O4S/c1-18(19-10-8-7-9-11-19)31-24(36)14-20-26-21(38-27(33-26)32-25(37)16-28(2,3)4)15-22-29(20,5)13-12-23(35)30(22,6)17-34/h7-11,18,20,22-23,34-35H,12-17H2,1-6H3,(H,31,36)(H,32,33,37)/t18-,20-,22+,23-,29+,30+/m1/s1. The first-order chi connectivity index (χ1) is 17.8. The minimum absolute atomic E-state index is 0.0285. The summed E-state index contributed by atoms with van der Waals surface area (Å²) in [4.78, 5) is 32.1. The zero-order chi connectivity index (χ0) is 27.9. The van der Waals surface area contributed by atoms with E-state index in [1.165, 1.54) is 11.3 Å². The Morgan fingerprint density at radius 2 is 1.87 bits per heavy atom. The first kappa shape index (κ1) is 28.7. The Hall–Kier alpha value is -2.29. The highest BCUT2D eigenvalue weighted by atomic mass is 32.1. The van der Waals surface area contributed by atoms with Gasteiger partial charge in [-0.1, -0.05) is 65.0 Å². The molecule has 8 heteroatoms. The summed E-state index contributed by atoms with van der Waals surface area (Å²) in [7, 11) is 0. The van der Waals surface area contributed by atoms with Crippen molar-refractivity contribution in [3.8, 4) is 0 Å². The predicted octanol–water partition coefficient (Wildman–Crippen LogP) is 5.20. The van der Waals surface area contributed by atoms with Crippen molar-refractivity contribution in [2.45, 2.75) is 91.7 Å². The number of nitrogens with one attached hydrogen (secondary N) is 2. The molecular formula is C30H43N3O4S. The summed E-state index contributed by atoms with van der Waals surface area (Å²) < 4.78 is 0. The molecule has 2 aromatic rings. The molecule has 2 aliphatic carbocycles. The molecule has 208 valence electrons. The molecule has 0 saturated heterocycles. The number of hydrogen-bond acceptors (Lipinski definition) is 6. The highest BCUT2D eigenvalue weighted by molar-refractivity contribution is 7.15. The van der Waals surface area contributed by atoms with Crippen molar-refractivity contribution in [3.05, 3.63) is 46.5 Å². The number of aliphatic hydroxyl groups is 2. The van der Waals surface area contributed by atoms with E-state index in [4.69, 9.17) is 4.98 Å². The first-order valence-electron chi connectivity index (χ1n) is 13.7. The Labute approximate surface area is 230 Å². The second-order valence-electron chi connectivity index (χ2n) is 13.1. The predicted molar refractivity (Wildman–Crippen MR) is 151 cm³/mol. The largest absolute Gasteiger partial charge is 0.396 e. The van der Waals surface area contributed by atoms with Gasteiger partial charge in [0.15, 0.2) is 5.13 Å². The number of aliphatic hydroxyl groups excluding tert-OH is 2. The Balaban J connectivity index is 1.66. The molecule has 2 amide bonds. The summed E-state index contributed by atoms with van der Waals surface area (Å²) in [5.74, 6) is -0.350. The maximum atomic E-state index is 13.5. The highest BCUT2D eigenvalue weighted by Gasteiger charge is 2.59. The van der Waals surface area contributed by atoms with E-state index < -0.39 is 11.5 Å². The number of carbonyl (C=O) groups is 2. The smallest absolute Gasteiger partial charge is 0.226 e. The van der Waals surface area contributed by atoms with E-state index in [-0.39, 0.29) is 53.5 Å². The summed E-state index contributed by atoms with van der Waals surface area (Å²) in [5, 5.41) is 28.1. The molecule has 2 aliphatic rings. The number of amides is 2. The molecule has 0 spiro atoms. The number of carbonyl (C=O) groups excluding carboxylic acids is 2. The van der Waals surface area contributed by atoms with Crippen LogP contribution in [0.5, 0.6) is 0 Å². The van der Waals surface area contributed by atoms with Gasteiger partial charge in [-0.3, -0.25) is 9.59 Å². The maximum Gasteiger partial charge on any atom is 0.226 e. The number of fused-ring (bicyclic) bond motifs is 2. The molecule has 1 fully saturated rings. The Bertz CT molecular complexity index is 1160. The van der Waals surface area contributed by atoms with Crippen LogP contribution in [0.1, 0.15) is 95.3 Å². The van der Waals surface area contributed by atoms with Crippen LogP contribution in [0.2, 0.25) is 0 Å². The van der Waals surface area contributed by atoms with Crippen LogP contribution in [0.15, 0.2) is 30.3 Å². The minimum Gasteiger partial charge on any atom is -0.396 e. The quantitative estimate of drug-likeness (QED) is 0.385. The summed E-state index contributed by atoms with van der Waals surface area (Å²) in [5.41, 5.74) is 0.756. The van der Waals surface area contributed by atoms with Crippen LogP contribution in [0, 0.1) is 22.2 Å². The number of anilines is 1. The van der Waals surface area contributed by atoms with Gasteiger partial charge in [-0.2, -0.15) is 0 Å². The van der Waals surface area contributed by atoms with E-state index in [1.807, 2.05) is 65.0 Å². The van der Waals surface area contributed by atoms with Crippen LogP contribution in [-0.4, -0.2) is 39.7 Å². The molecule has 1 aromatic carbocycles. The lowest BCUT2D eigenvalue weighted by Gasteiger charge is -2.58. The average Bonchev–Trinajstić information content (AvgIpc) is 3.24. The van der Waals surface area contributed by atoms with Gasteiger partial charge in [0.25, 0.3) is 0 Å². The van der Waals surface area contributed by atoms with Crippen molar-refractivity contribution in [2.24, 2.45) is 22.2 Å². The van der Waals surface area contributed by atoms with Crippen molar-refractivity contribution in [1.82, 2.24) is 10.3 Å². The fourth-order valence-electron chi connectivity index (χ4n) is 6.66. The molecule has 0 aliphatic heterocycles. The summed E-state index contributed by atoms with van der Waals surface area (Å²) >= 11 is 1.46. The number of rotatable bonds is 7. The second kappa shape index (κ2) is 10.7. The van der Waals surface area contributed by atoms with Crippen molar-refractivity contribution >= 4 is 28.3 Å². The SMILES string of the molecule is C[C@@H](NC(=O)C[C@@H]1c2nc(NC(=O)CC(C)(C)C)sc2C[C@@H]2[C@](C)(CO)[C@H](O)CC[C@]21C)c1ccccc1. The van der Waals surface area contributed by atoms with Crippen molar-refractivity contribution in [3.63, 3.8) is 0 Å². The van der Waals surface area contributed by atoms with E-state index in [0.29, 0.717) is 24.4 Å². The number of hydrogen-bond donors (Lipinski definition) is 4. The lowest BCUT2D eigenvalue weighted by atomic mass is 9.47. The van der Waals surface area contributed by atoms with Gasteiger partial charge in [0, 0.05) is 29.1 Å². The summed E-state index contributed by atoms with van der Waals surface area (Å²) in [6.07, 6.45) is 1.99. The fraction of sp³-hybridized carbons (Fsp3) is 0.633. The molecule has 4 rings (SSSR count). The minimum atomic E-state index is -0.684. The zero-order valence-corrected chi connectivity index (χ0v) is 24.3. The lowest BCUT2D eigenvalue weighted by molar-refractivity contribution is -0.144. The molecule has 0 bridgehead atoms. The van der Waals surface area contributed by atoms with Crippen LogP contribution in [0.4, 0.5) is 5.13 Å². The normalized spacial score (nSPS) is 29.6. The molecule has 0 unspecified atom stereocenters. The molecular weight excluding hydrogens is 498 g/mol. The maximum absolute atomic E-state index is 13.5. The third kappa shape index (κ3) is 5.68. The van der Waals surface area contributed by atoms with Gasteiger partial charge in [-0.05, 0) is 48.5 Å². The number of benzene rings is 1. The first-order valence-corrected chi connectivity index (χ1v) is 14.5. The Morgan fingerprint density at radius 3 is 2.50 bits per heavy atom. The number of thiazole rings is 1. The average molecular weight is 542 g/mol. The molecule has 6 atom stereocenters. The third-order valence-corrected chi connectivity index (χ3v) is 9.91. The van der Waals surface area contributed by atoms with Gasteiger partial charge in [-0.25, -0.2) is 4.98 Å². The molecule has 1 heterocycles. The highest BCUT2D eigenvalue weighted by Crippen LogP contribution is 2.62. The molecule has 1 saturated carbocycles. The molecule has 38 heavy (non-hydrogen) atoms. The molecule has 0 radical (unpaired) electrons.